The van der Waals surface area contributed by atoms with E-state index in [1.54, 1.807) is 18.6 Å². The van der Waals surface area contributed by atoms with Gasteiger partial charge < -0.3 is 0 Å². The van der Waals surface area contributed by atoms with Crippen molar-refractivity contribution < 1.29 is 0 Å². The van der Waals surface area contributed by atoms with Crippen molar-refractivity contribution in [3.63, 3.8) is 0 Å². The second-order valence-corrected chi connectivity index (χ2v) is 8.34. The number of rotatable bonds is 4. The predicted octanol–water partition coefficient (Wildman–Crippen LogP) is 6.12. The Hall–Kier alpha value is -5.54. The lowest BCUT2D eigenvalue weighted by Gasteiger charge is -2.06. The third-order valence-electron chi connectivity index (χ3n) is 5.70. The fourth-order valence-electron chi connectivity index (χ4n) is 3.91. The summed E-state index contributed by atoms with van der Waals surface area (Å²) in [6.45, 7) is 0. The van der Waals surface area contributed by atoms with E-state index in [1.807, 2.05) is 103 Å². The number of nitrogens with zero attached hydrogens (tertiary/aromatic N) is 6. The average Bonchev–Trinajstić information content (AvgIpc) is 3.01. The smallest absolute Gasteiger partial charge is 0.114 e. The van der Waals surface area contributed by atoms with Crippen LogP contribution in [0.15, 0.2) is 122 Å². The first-order valence-corrected chi connectivity index (χ1v) is 12.0. The van der Waals surface area contributed by atoms with Gasteiger partial charge in [0.05, 0.1) is 45.6 Å². The standard InChI is InChI=1S/C32H20N6/c1-4-18-33-25(10-1)28-14-8-15-30(37-28)29-13-7-9-24(36-29)17-16-23-21-31(26-11-2-5-19-34-26)38-32(22-23)27-12-3-6-20-35-27/h1-15,18-22H. The quantitative estimate of drug-likeness (QED) is 0.278. The van der Waals surface area contributed by atoms with Crippen LogP contribution in [0.5, 0.6) is 0 Å². The lowest BCUT2D eigenvalue weighted by Crippen LogP contribution is -1.94. The highest BCUT2D eigenvalue weighted by Gasteiger charge is 2.09. The van der Waals surface area contributed by atoms with Crippen molar-refractivity contribution in [2.45, 2.75) is 0 Å². The summed E-state index contributed by atoms with van der Waals surface area (Å²) >= 11 is 0. The summed E-state index contributed by atoms with van der Waals surface area (Å²) < 4.78 is 0. The van der Waals surface area contributed by atoms with Crippen LogP contribution in [0.3, 0.4) is 0 Å². The number of hydrogen-bond donors (Lipinski definition) is 0. The van der Waals surface area contributed by atoms with Crippen molar-refractivity contribution in [1.82, 2.24) is 29.9 Å². The van der Waals surface area contributed by atoms with E-state index in [4.69, 9.17) is 15.0 Å². The first-order valence-electron chi connectivity index (χ1n) is 12.0. The van der Waals surface area contributed by atoms with Gasteiger partial charge in [-0.15, -0.1) is 0 Å². The Balaban J connectivity index is 1.36. The molecule has 178 valence electrons. The van der Waals surface area contributed by atoms with Crippen LogP contribution in [0, 0.1) is 11.8 Å². The SMILES string of the molecule is C(#Cc1cccc(-c2cccc(-c3ccccn3)n2)n1)c1cc(-c2ccccn2)nc(-c2ccccn2)c1. The third kappa shape index (κ3) is 5.18. The molecule has 0 atom stereocenters. The van der Waals surface area contributed by atoms with Gasteiger partial charge in [-0.3, -0.25) is 15.0 Å². The highest BCUT2D eigenvalue weighted by molar-refractivity contribution is 5.66. The van der Waals surface area contributed by atoms with Crippen molar-refractivity contribution >= 4 is 0 Å². The van der Waals surface area contributed by atoms with Gasteiger partial charge in [0, 0.05) is 24.2 Å². The van der Waals surface area contributed by atoms with E-state index in [0.29, 0.717) is 5.69 Å². The lowest BCUT2D eigenvalue weighted by molar-refractivity contribution is 1.21. The third-order valence-corrected chi connectivity index (χ3v) is 5.70. The molecule has 6 aromatic rings. The summed E-state index contributed by atoms with van der Waals surface area (Å²) in [6, 6.07) is 32.7. The molecule has 6 heterocycles. The molecule has 0 fully saturated rings. The summed E-state index contributed by atoms with van der Waals surface area (Å²) in [6.07, 6.45) is 5.26. The summed E-state index contributed by atoms with van der Waals surface area (Å²) in [4.78, 5) is 27.6. The summed E-state index contributed by atoms with van der Waals surface area (Å²) in [5, 5.41) is 0. The highest BCUT2D eigenvalue weighted by Crippen LogP contribution is 2.23. The predicted molar refractivity (Wildman–Crippen MR) is 147 cm³/mol. The van der Waals surface area contributed by atoms with Crippen LogP contribution in [0.2, 0.25) is 0 Å². The molecule has 0 saturated carbocycles. The Morgan fingerprint density at radius 1 is 0.368 bits per heavy atom. The van der Waals surface area contributed by atoms with Crippen molar-refractivity contribution in [3.8, 4) is 57.4 Å². The molecule has 0 bridgehead atoms. The van der Waals surface area contributed by atoms with Crippen LogP contribution in [-0.4, -0.2) is 29.9 Å². The molecule has 0 aromatic carbocycles. The highest BCUT2D eigenvalue weighted by atomic mass is 14.8. The molecule has 0 amide bonds. The number of aromatic nitrogens is 6. The lowest BCUT2D eigenvalue weighted by atomic mass is 10.1. The molecule has 0 N–H and O–H groups in total. The van der Waals surface area contributed by atoms with Crippen LogP contribution in [0.25, 0.3) is 45.6 Å². The van der Waals surface area contributed by atoms with Gasteiger partial charge in [-0.05, 0) is 78.7 Å². The first-order chi connectivity index (χ1) is 18.8. The van der Waals surface area contributed by atoms with Crippen LogP contribution in [-0.2, 0) is 0 Å². The van der Waals surface area contributed by atoms with Gasteiger partial charge in [-0.1, -0.05) is 36.3 Å². The van der Waals surface area contributed by atoms with Gasteiger partial charge in [-0.25, -0.2) is 15.0 Å². The second kappa shape index (κ2) is 10.6. The van der Waals surface area contributed by atoms with Crippen molar-refractivity contribution in [2.24, 2.45) is 0 Å². The molecule has 6 rings (SSSR count). The van der Waals surface area contributed by atoms with Gasteiger partial charge >= 0.3 is 0 Å². The Kier molecular flexibility index (Phi) is 6.39. The van der Waals surface area contributed by atoms with Gasteiger partial charge in [0.1, 0.15) is 5.69 Å². The van der Waals surface area contributed by atoms with Crippen molar-refractivity contribution in [3.05, 3.63) is 133 Å². The molecular weight excluding hydrogens is 468 g/mol. The second-order valence-electron chi connectivity index (χ2n) is 8.34. The van der Waals surface area contributed by atoms with E-state index in [1.165, 1.54) is 0 Å². The average molecular weight is 489 g/mol. The maximum atomic E-state index is 4.79. The van der Waals surface area contributed by atoms with E-state index in [9.17, 15) is 0 Å². The molecule has 0 aliphatic carbocycles. The summed E-state index contributed by atoms with van der Waals surface area (Å²) in [5.41, 5.74) is 7.55. The monoisotopic (exact) mass is 488 g/mol. The molecule has 0 spiro atoms. The number of pyridine rings is 6. The molecule has 6 nitrogen and oxygen atoms in total. The summed E-state index contributed by atoms with van der Waals surface area (Å²) in [7, 11) is 0. The molecule has 6 aromatic heterocycles. The first kappa shape index (κ1) is 22.9. The van der Waals surface area contributed by atoms with Gasteiger partial charge in [0.15, 0.2) is 0 Å². The largest absolute Gasteiger partial charge is 0.255 e. The zero-order valence-electron chi connectivity index (χ0n) is 20.2. The Morgan fingerprint density at radius 3 is 1.37 bits per heavy atom. The zero-order chi connectivity index (χ0) is 25.6. The molecular formula is C32H20N6. The van der Waals surface area contributed by atoms with Crippen molar-refractivity contribution in [2.75, 3.05) is 0 Å². The van der Waals surface area contributed by atoms with E-state index in [-0.39, 0.29) is 0 Å². The molecule has 0 aliphatic rings. The van der Waals surface area contributed by atoms with Crippen molar-refractivity contribution in [1.29, 1.82) is 0 Å². The van der Waals surface area contributed by atoms with E-state index >= 15 is 0 Å². The number of hydrogen-bond acceptors (Lipinski definition) is 6. The molecule has 0 radical (unpaired) electrons. The fraction of sp³-hybridized carbons (Fsp3) is 0. The minimum Gasteiger partial charge on any atom is -0.255 e. The normalized spacial score (nSPS) is 10.4. The maximum Gasteiger partial charge on any atom is 0.114 e. The van der Waals surface area contributed by atoms with Crippen LogP contribution >= 0.6 is 0 Å². The Labute approximate surface area is 220 Å². The Morgan fingerprint density at radius 2 is 0.816 bits per heavy atom. The molecule has 0 unspecified atom stereocenters. The van der Waals surface area contributed by atoms with Crippen LogP contribution in [0.4, 0.5) is 0 Å². The summed E-state index contributed by atoms with van der Waals surface area (Å²) in [5.74, 6) is 6.46. The maximum absolute atomic E-state index is 4.79. The molecule has 0 saturated heterocycles. The molecule has 38 heavy (non-hydrogen) atoms. The molecule has 0 aliphatic heterocycles. The Bertz CT molecular complexity index is 1700. The van der Waals surface area contributed by atoms with Crippen LogP contribution in [0.1, 0.15) is 11.3 Å². The van der Waals surface area contributed by atoms with E-state index in [2.05, 4.69) is 26.8 Å². The fourth-order valence-corrected chi connectivity index (χ4v) is 3.91. The van der Waals surface area contributed by atoms with Gasteiger partial charge in [0.25, 0.3) is 0 Å². The topological polar surface area (TPSA) is 77.3 Å². The van der Waals surface area contributed by atoms with E-state index < -0.39 is 0 Å². The van der Waals surface area contributed by atoms with Gasteiger partial charge in [-0.2, -0.15) is 0 Å². The molecule has 6 heteroatoms. The van der Waals surface area contributed by atoms with Crippen LogP contribution < -0.4 is 0 Å². The zero-order valence-corrected chi connectivity index (χ0v) is 20.2. The minimum atomic E-state index is 0.642. The minimum absolute atomic E-state index is 0.642. The van der Waals surface area contributed by atoms with Gasteiger partial charge in [0.2, 0.25) is 0 Å². The van der Waals surface area contributed by atoms with E-state index in [0.717, 1.165) is 51.1 Å².